The molecule has 4 heteroatoms. The first kappa shape index (κ1) is 20.2. The Kier molecular flexibility index (Phi) is 6.13. The van der Waals surface area contributed by atoms with E-state index in [0.717, 1.165) is 48.3 Å². The normalized spacial score (nSPS) is 15.4. The van der Waals surface area contributed by atoms with Crippen LogP contribution >= 0.6 is 0 Å². The molecular weight excluding hydrogens is 370 g/mol. The number of hydrogen-bond donors (Lipinski definition) is 2. The van der Waals surface area contributed by atoms with E-state index >= 15 is 0 Å². The SMILES string of the molecule is N#Cc1ccc(-c2cc(N)cc(COCC3(c4ccccc4)CCNCC3)c2)cc1. The lowest BCUT2D eigenvalue weighted by Crippen LogP contribution is -2.43. The van der Waals surface area contributed by atoms with Crippen LogP contribution in [0.2, 0.25) is 0 Å². The Balaban J connectivity index is 1.49. The average Bonchev–Trinajstić information content (AvgIpc) is 2.80. The molecule has 0 unspecified atom stereocenters. The maximum Gasteiger partial charge on any atom is 0.0991 e. The highest BCUT2D eigenvalue weighted by atomic mass is 16.5. The van der Waals surface area contributed by atoms with Crippen molar-refractivity contribution in [1.82, 2.24) is 5.32 Å². The largest absolute Gasteiger partial charge is 0.399 e. The van der Waals surface area contributed by atoms with Crippen molar-refractivity contribution in [1.29, 1.82) is 5.26 Å². The van der Waals surface area contributed by atoms with Gasteiger partial charge in [0.15, 0.2) is 0 Å². The maximum absolute atomic E-state index is 9.00. The quantitative estimate of drug-likeness (QED) is 0.594. The van der Waals surface area contributed by atoms with E-state index in [1.165, 1.54) is 5.56 Å². The van der Waals surface area contributed by atoms with Gasteiger partial charge in [-0.15, -0.1) is 0 Å². The third-order valence-electron chi connectivity index (χ3n) is 5.96. The molecule has 1 fully saturated rings. The summed E-state index contributed by atoms with van der Waals surface area (Å²) in [6, 6.07) is 26.5. The van der Waals surface area contributed by atoms with Crippen LogP contribution in [-0.4, -0.2) is 19.7 Å². The van der Waals surface area contributed by atoms with Gasteiger partial charge in [-0.3, -0.25) is 0 Å². The van der Waals surface area contributed by atoms with Crippen LogP contribution in [0.3, 0.4) is 0 Å². The summed E-state index contributed by atoms with van der Waals surface area (Å²) in [4.78, 5) is 0. The molecule has 0 amide bonds. The number of nitrogens with one attached hydrogen (secondary N) is 1. The van der Waals surface area contributed by atoms with Crippen molar-refractivity contribution in [2.24, 2.45) is 0 Å². The number of hydrogen-bond acceptors (Lipinski definition) is 4. The van der Waals surface area contributed by atoms with Gasteiger partial charge in [0.25, 0.3) is 0 Å². The molecule has 0 aliphatic carbocycles. The standard InChI is InChI=1S/C26H27N3O/c27-17-20-6-8-22(9-7-20)23-14-21(15-25(28)16-23)18-30-19-26(10-12-29-13-11-26)24-4-2-1-3-5-24/h1-9,14-16,29H,10-13,18-19,28H2. The van der Waals surface area contributed by atoms with Gasteiger partial charge in [-0.2, -0.15) is 5.26 Å². The van der Waals surface area contributed by atoms with Crippen LogP contribution in [-0.2, 0) is 16.8 Å². The van der Waals surface area contributed by atoms with Gasteiger partial charge in [-0.05, 0) is 78.5 Å². The van der Waals surface area contributed by atoms with Gasteiger partial charge in [-0.25, -0.2) is 0 Å². The Bertz CT molecular complexity index is 1020. The van der Waals surface area contributed by atoms with E-state index in [2.05, 4.69) is 47.8 Å². The second-order valence-electron chi connectivity index (χ2n) is 8.04. The van der Waals surface area contributed by atoms with E-state index in [-0.39, 0.29) is 5.41 Å². The molecule has 0 radical (unpaired) electrons. The summed E-state index contributed by atoms with van der Waals surface area (Å²) in [5.74, 6) is 0. The Labute approximate surface area is 178 Å². The molecule has 0 bridgehead atoms. The topological polar surface area (TPSA) is 71.1 Å². The van der Waals surface area contributed by atoms with Gasteiger partial charge in [0, 0.05) is 11.1 Å². The summed E-state index contributed by atoms with van der Waals surface area (Å²) < 4.78 is 6.27. The summed E-state index contributed by atoms with van der Waals surface area (Å²) in [6.07, 6.45) is 2.15. The van der Waals surface area contributed by atoms with E-state index in [1.807, 2.05) is 36.4 Å². The summed E-state index contributed by atoms with van der Waals surface area (Å²) in [6.45, 7) is 3.24. The van der Waals surface area contributed by atoms with Gasteiger partial charge >= 0.3 is 0 Å². The number of nitriles is 1. The van der Waals surface area contributed by atoms with E-state index in [0.29, 0.717) is 18.8 Å². The molecule has 4 rings (SSSR count). The predicted octanol–water partition coefficient (Wildman–Crippen LogP) is 4.65. The highest BCUT2D eigenvalue weighted by Gasteiger charge is 2.34. The highest BCUT2D eigenvalue weighted by molar-refractivity contribution is 5.69. The molecule has 1 aliphatic heterocycles. The number of ether oxygens (including phenoxy) is 1. The summed E-state index contributed by atoms with van der Waals surface area (Å²) in [5.41, 5.74) is 12.1. The zero-order valence-electron chi connectivity index (χ0n) is 17.1. The first-order valence-electron chi connectivity index (χ1n) is 10.4. The summed E-state index contributed by atoms with van der Waals surface area (Å²) in [5, 5.41) is 12.5. The van der Waals surface area contributed by atoms with Crippen LogP contribution in [0.25, 0.3) is 11.1 Å². The first-order chi connectivity index (χ1) is 14.7. The van der Waals surface area contributed by atoms with Crippen molar-refractivity contribution < 1.29 is 4.74 Å². The second-order valence-corrected chi connectivity index (χ2v) is 8.04. The van der Waals surface area contributed by atoms with Crippen LogP contribution in [0.4, 0.5) is 5.69 Å². The number of nitrogen functional groups attached to an aromatic ring is 1. The third-order valence-corrected chi connectivity index (χ3v) is 5.96. The minimum atomic E-state index is 0.0583. The molecule has 3 aromatic rings. The number of nitrogens with zero attached hydrogens (tertiary/aromatic N) is 1. The molecule has 0 aromatic heterocycles. The van der Waals surface area contributed by atoms with E-state index < -0.39 is 0 Å². The average molecular weight is 398 g/mol. The molecule has 1 saturated heterocycles. The number of benzene rings is 3. The van der Waals surface area contributed by atoms with Crippen molar-refractivity contribution in [2.75, 3.05) is 25.4 Å². The highest BCUT2D eigenvalue weighted by Crippen LogP contribution is 2.34. The lowest BCUT2D eigenvalue weighted by atomic mass is 9.74. The molecule has 0 saturated carbocycles. The zero-order valence-corrected chi connectivity index (χ0v) is 17.1. The molecule has 3 aromatic carbocycles. The molecule has 0 atom stereocenters. The summed E-state index contributed by atoms with van der Waals surface area (Å²) >= 11 is 0. The van der Waals surface area contributed by atoms with E-state index in [9.17, 15) is 0 Å². The molecule has 0 spiro atoms. The van der Waals surface area contributed by atoms with Gasteiger partial charge in [0.2, 0.25) is 0 Å². The fraction of sp³-hybridized carbons (Fsp3) is 0.269. The first-order valence-corrected chi connectivity index (χ1v) is 10.4. The van der Waals surface area contributed by atoms with Crippen molar-refractivity contribution >= 4 is 5.69 Å². The maximum atomic E-state index is 9.00. The fourth-order valence-electron chi connectivity index (χ4n) is 4.28. The minimum absolute atomic E-state index is 0.0583. The monoisotopic (exact) mass is 397 g/mol. The Morgan fingerprint density at radius 3 is 2.37 bits per heavy atom. The molecular formula is C26H27N3O. The summed E-state index contributed by atoms with van der Waals surface area (Å²) in [7, 11) is 0. The van der Waals surface area contributed by atoms with Crippen molar-refractivity contribution in [2.45, 2.75) is 24.9 Å². The molecule has 1 aliphatic rings. The van der Waals surface area contributed by atoms with Gasteiger partial charge < -0.3 is 15.8 Å². The van der Waals surface area contributed by atoms with Crippen molar-refractivity contribution in [3.8, 4) is 17.2 Å². The number of anilines is 1. The van der Waals surface area contributed by atoms with Crippen LogP contribution in [0.5, 0.6) is 0 Å². The Hall–Kier alpha value is -3.13. The number of piperidine rings is 1. The Morgan fingerprint density at radius 1 is 0.933 bits per heavy atom. The number of rotatable bonds is 6. The molecule has 3 N–H and O–H groups in total. The van der Waals surface area contributed by atoms with Crippen LogP contribution in [0, 0.1) is 11.3 Å². The zero-order chi connectivity index (χ0) is 20.8. The van der Waals surface area contributed by atoms with Gasteiger partial charge in [0.1, 0.15) is 0 Å². The molecule has 30 heavy (non-hydrogen) atoms. The second kappa shape index (κ2) is 9.13. The molecule has 152 valence electrons. The van der Waals surface area contributed by atoms with E-state index in [4.69, 9.17) is 15.7 Å². The Morgan fingerprint density at radius 2 is 1.67 bits per heavy atom. The molecule has 4 nitrogen and oxygen atoms in total. The third kappa shape index (κ3) is 4.54. The van der Waals surface area contributed by atoms with Crippen LogP contribution in [0.1, 0.15) is 29.5 Å². The van der Waals surface area contributed by atoms with Gasteiger partial charge in [0.05, 0.1) is 24.8 Å². The van der Waals surface area contributed by atoms with Crippen LogP contribution < -0.4 is 11.1 Å². The number of nitrogens with two attached hydrogens (primary N) is 1. The van der Waals surface area contributed by atoms with E-state index in [1.54, 1.807) is 0 Å². The predicted molar refractivity (Wildman–Crippen MR) is 121 cm³/mol. The van der Waals surface area contributed by atoms with Crippen LogP contribution in [0.15, 0.2) is 72.8 Å². The lowest BCUT2D eigenvalue weighted by Gasteiger charge is -2.38. The van der Waals surface area contributed by atoms with Crippen molar-refractivity contribution in [3.05, 3.63) is 89.5 Å². The van der Waals surface area contributed by atoms with Crippen molar-refractivity contribution in [3.63, 3.8) is 0 Å². The molecule has 1 heterocycles. The van der Waals surface area contributed by atoms with Gasteiger partial charge in [-0.1, -0.05) is 42.5 Å². The smallest absolute Gasteiger partial charge is 0.0991 e. The fourth-order valence-corrected chi connectivity index (χ4v) is 4.28. The minimum Gasteiger partial charge on any atom is -0.399 e. The lowest BCUT2D eigenvalue weighted by molar-refractivity contribution is 0.0565.